The lowest BCUT2D eigenvalue weighted by atomic mass is 9.68. The molecule has 1 aliphatic rings. The number of nitrogen functional groups attached to an aromatic ring is 1. The molecule has 1 aliphatic heterocycles. The van der Waals surface area contributed by atoms with Crippen LogP contribution in [0.4, 0.5) is 28.4 Å². The van der Waals surface area contributed by atoms with E-state index in [1.807, 2.05) is 36.8 Å². The minimum absolute atomic E-state index is 0.153. The van der Waals surface area contributed by atoms with Crippen molar-refractivity contribution in [1.29, 1.82) is 0 Å². The van der Waals surface area contributed by atoms with E-state index in [2.05, 4.69) is 254 Å². The fraction of sp³-hybridized carbons (Fsp3) is 0.247. The number of rotatable bonds is 21. The summed E-state index contributed by atoms with van der Waals surface area (Å²) < 4.78 is 2.15. The molecular weight excluding hydrogens is 989 g/mol. The summed E-state index contributed by atoms with van der Waals surface area (Å²) in [6, 6.07) is 53.4. The molecule has 2 N–H and O–H groups in total. The minimum Gasteiger partial charge on any atom is -0.396 e. The molecule has 2 unspecified atom stereocenters. The fourth-order valence-electron chi connectivity index (χ4n) is 11.6. The number of hydrogen-bond donors (Lipinski definition) is 1. The third-order valence-electron chi connectivity index (χ3n) is 15.4. The Bertz CT molecular complexity index is 3560. The van der Waals surface area contributed by atoms with E-state index in [0.29, 0.717) is 12.2 Å². The maximum absolute atomic E-state index is 6.52. The smallest absolute Gasteiger partial charge is 0.111 e. The molecule has 0 radical (unpaired) electrons. The molecule has 0 fully saturated rings. The van der Waals surface area contributed by atoms with Gasteiger partial charge in [-0.05, 0) is 191 Å². The van der Waals surface area contributed by atoms with Gasteiger partial charge in [-0.2, -0.15) is 0 Å². The predicted octanol–water partition coefficient (Wildman–Crippen LogP) is 17.8. The zero-order valence-electron chi connectivity index (χ0n) is 48.5. The van der Waals surface area contributed by atoms with Gasteiger partial charge in [0.25, 0.3) is 0 Å². The number of aliphatic imine (C=N–C) groups is 1. The monoisotopic (exact) mass is 1070 g/mol. The van der Waals surface area contributed by atoms with Gasteiger partial charge in [-0.1, -0.05) is 134 Å². The molecule has 0 aliphatic carbocycles. The lowest BCUT2D eigenvalue weighted by Gasteiger charge is -2.36. The van der Waals surface area contributed by atoms with Crippen molar-refractivity contribution in [2.24, 2.45) is 10.4 Å². The molecule has 2 atom stereocenters. The van der Waals surface area contributed by atoms with Gasteiger partial charge >= 0.3 is 0 Å². The quantitative estimate of drug-likeness (QED) is 0.0571. The van der Waals surface area contributed by atoms with Gasteiger partial charge in [0.1, 0.15) is 5.52 Å². The van der Waals surface area contributed by atoms with Crippen LogP contribution in [-0.4, -0.2) is 33.3 Å². The number of allylic oxidation sites excluding steroid dienone is 7. The molecule has 8 heteroatoms. The molecule has 3 aromatic heterocycles. The largest absolute Gasteiger partial charge is 0.396 e. The van der Waals surface area contributed by atoms with Crippen molar-refractivity contribution in [1.82, 2.24) is 14.5 Å². The fourth-order valence-corrected chi connectivity index (χ4v) is 11.6. The predicted molar refractivity (Wildman–Crippen MR) is 346 cm³/mol. The van der Waals surface area contributed by atoms with Gasteiger partial charge in [0.05, 0.1) is 29.6 Å². The normalized spacial score (nSPS) is 15.0. The van der Waals surface area contributed by atoms with Crippen molar-refractivity contribution < 1.29 is 0 Å². The first-order valence-corrected chi connectivity index (χ1v) is 28.7. The van der Waals surface area contributed by atoms with Crippen LogP contribution < -0.4 is 20.4 Å². The van der Waals surface area contributed by atoms with Crippen molar-refractivity contribution in [3.63, 3.8) is 0 Å². The van der Waals surface area contributed by atoms with Gasteiger partial charge in [-0.3, -0.25) is 15.0 Å². The third kappa shape index (κ3) is 14.4. The number of fused-ring (bicyclic) bond motifs is 2. The van der Waals surface area contributed by atoms with Crippen LogP contribution in [0, 0.1) is 5.41 Å². The number of anilines is 5. The van der Waals surface area contributed by atoms with Crippen molar-refractivity contribution in [2.45, 2.75) is 106 Å². The molecule has 0 saturated heterocycles. The third-order valence-corrected chi connectivity index (χ3v) is 15.4. The summed E-state index contributed by atoms with van der Waals surface area (Å²) in [7, 11) is 0. The molecule has 412 valence electrons. The highest BCUT2D eigenvalue weighted by molar-refractivity contribution is 5.89. The number of nitrogens with two attached hydrogens (primary N) is 1. The zero-order valence-corrected chi connectivity index (χ0v) is 48.5. The molecule has 81 heavy (non-hydrogen) atoms. The standard InChI is InChI=1S/C73H80N8/c1-9-44-78(70-25-16-14-23-67(70)55(5)6)52-62-31-29-59(30-32-62)46-73(47-60-33-37-64(38-34-60)79(51-54(3)4)66-22-18-42-76-50-66,48-61-35-39-65(40-36-61)80-53-68(74)72-71(80)26-19-43-77-72)45-58(10-2)28-27-57(8)81-56(7)20-12-11-17-41-75-49-63-21-13-15-24-69(63)81/h9,12-16,18-43,50-51,53,56H,1,5,10-11,17,44-49,52,74H2,2-4,6-8H3/b20-12-,57-27+,58-28+,75-41?. The topological polar surface area (TPSA) is 78.8 Å². The van der Waals surface area contributed by atoms with Gasteiger partial charge in [0.2, 0.25) is 0 Å². The van der Waals surface area contributed by atoms with Crippen molar-refractivity contribution in [2.75, 3.05) is 27.0 Å². The highest BCUT2D eigenvalue weighted by Crippen LogP contribution is 2.41. The Hall–Kier alpha value is -8.75. The van der Waals surface area contributed by atoms with Gasteiger partial charge < -0.3 is 25.0 Å². The summed E-state index contributed by atoms with van der Waals surface area (Å²) >= 11 is 0. The van der Waals surface area contributed by atoms with E-state index in [-0.39, 0.29) is 11.5 Å². The zero-order chi connectivity index (χ0) is 56.7. The summed E-state index contributed by atoms with van der Waals surface area (Å²) in [5.74, 6) is 0. The average Bonchev–Trinajstić information content (AvgIpc) is 3.90. The van der Waals surface area contributed by atoms with E-state index in [9.17, 15) is 0 Å². The van der Waals surface area contributed by atoms with Crippen LogP contribution in [-0.2, 0) is 32.4 Å². The molecule has 5 aromatic carbocycles. The van der Waals surface area contributed by atoms with Crippen LogP contribution in [0.3, 0.4) is 0 Å². The van der Waals surface area contributed by atoms with Crippen molar-refractivity contribution in [3.8, 4) is 5.69 Å². The second kappa shape index (κ2) is 26.9. The minimum atomic E-state index is -0.254. The molecule has 8 aromatic rings. The van der Waals surface area contributed by atoms with Crippen LogP contribution in [0.15, 0.2) is 242 Å². The van der Waals surface area contributed by atoms with Crippen LogP contribution in [0.25, 0.3) is 22.3 Å². The van der Waals surface area contributed by atoms with E-state index < -0.39 is 0 Å². The highest BCUT2D eigenvalue weighted by Gasteiger charge is 2.33. The molecule has 9 rings (SSSR count). The van der Waals surface area contributed by atoms with Crippen molar-refractivity contribution in [3.05, 3.63) is 270 Å². The maximum Gasteiger partial charge on any atom is 0.111 e. The van der Waals surface area contributed by atoms with Crippen LogP contribution in [0.5, 0.6) is 0 Å². The maximum atomic E-state index is 6.52. The molecular formula is C73H80N8. The van der Waals surface area contributed by atoms with E-state index in [4.69, 9.17) is 10.7 Å². The number of aromatic nitrogens is 3. The van der Waals surface area contributed by atoms with E-state index >= 15 is 0 Å². The van der Waals surface area contributed by atoms with E-state index in [1.54, 1.807) is 6.20 Å². The lowest BCUT2D eigenvalue weighted by Crippen LogP contribution is -2.31. The summed E-state index contributed by atoms with van der Waals surface area (Å²) in [6.45, 7) is 23.8. The van der Waals surface area contributed by atoms with Gasteiger partial charge in [0, 0.05) is 77.9 Å². The Labute approximate surface area is 482 Å². The summed E-state index contributed by atoms with van der Waals surface area (Å²) in [4.78, 5) is 21.0. The molecule has 8 nitrogen and oxygen atoms in total. The summed E-state index contributed by atoms with van der Waals surface area (Å²) in [5, 5.41) is 0. The molecule has 0 bridgehead atoms. The van der Waals surface area contributed by atoms with Crippen LogP contribution in [0.1, 0.15) is 101 Å². The number of hydrogen-bond acceptors (Lipinski definition) is 7. The average molecular weight is 1070 g/mol. The van der Waals surface area contributed by atoms with Gasteiger partial charge in [0.15, 0.2) is 0 Å². The Balaban J connectivity index is 1.14. The molecule has 0 spiro atoms. The molecule has 0 saturated carbocycles. The Kier molecular flexibility index (Phi) is 18.9. The first kappa shape index (κ1) is 57.0. The lowest BCUT2D eigenvalue weighted by molar-refractivity contribution is 0.272. The van der Waals surface area contributed by atoms with Gasteiger partial charge in [-0.25, -0.2) is 0 Å². The van der Waals surface area contributed by atoms with Crippen LogP contribution in [0.2, 0.25) is 0 Å². The Morgan fingerprint density at radius 1 is 0.753 bits per heavy atom. The SMILES string of the molecule is C=CCN(Cc1ccc(CC(C/C(=C/C=C(\C)N2c3ccccc3CN=CCC/C=C\C2C)CC)(Cc2ccc(N(C=C(C)C)c3cccnc3)cc2)Cc2ccc(-n3cc(N)c4ncccc43)cc2)cc1)c1ccccc1C(=C)C. The highest BCUT2D eigenvalue weighted by atomic mass is 15.2. The van der Waals surface area contributed by atoms with Gasteiger partial charge in [-0.15, -0.1) is 6.58 Å². The Morgan fingerprint density at radius 3 is 2.12 bits per heavy atom. The number of para-hydroxylation sites is 2. The first-order chi connectivity index (χ1) is 39.4. The molecule has 4 heterocycles. The summed E-state index contributed by atoms with van der Waals surface area (Å²) in [5.41, 5.74) is 26.6. The second-order valence-electron chi connectivity index (χ2n) is 22.2. The summed E-state index contributed by atoms with van der Waals surface area (Å²) in [6.07, 6.45) is 29.5. The van der Waals surface area contributed by atoms with E-state index in [1.165, 1.54) is 56.0 Å². The molecule has 0 amide bonds. The number of pyridine rings is 2. The Morgan fingerprint density at radius 2 is 1.43 bits per heavy atom. The number of benzene rings is 5. The first-order valence-electron chi connectivity index (χ1n) is 28.7. The second-order valence-corrected chi connectivity index (χ2v) is 22.2. The van der Waals surface area contributed by atoms with Crippen molar-refractivity contribution >= 4 is 51.3 Å². The van der Waals surface area contributed by atoms with E-state index in [0.717, 1.165) is 97.3 Å². The van der Waals surface area contributed by atoms with Crippen LogP contribution >= 0.6 is 0 Å². The number of nitrogens with zero attached hydrogens (tertiary/aromatic N) is 7.